The molecule has 0 aliphatic heterocycles. The highest BCUT2D eigenvalue weighted by Crippen LogP contribution is 2.24. The third-order valence-electron chi connectivity index (χ3n) is 3.94. The minimum atomic E-state index is 0.935. The zero-order valence-corrected chi connectivity index (χ0v) is 13.5. The predicted molar refractivity (Wildman–Crippen MR) is 86.7 cm³/mol. The van der Waals surface area contributed by atoms with E-state index in [1.807, 2.05) is 0 Å². The normalized spacial score (nSPS) is 16.8. The maximum atomic E-state index is 3.50. The zero-order valence-electron chi connectivity index (χ0n) is 11.9. The standard InChI is InChI=1S/C16H25BrN2/c1-19(13-14-6-3-2-4-7-14)11-10-18-16-9-5-8-15(17)12-16/h5,8-9,12,14,18H,2-4,6-7,10-11,13H2,1H3. The molecule has 3 heteroatoms. The number of anilines is 1. The van der Waals surface area contributed by atoms with Crippen molar-refractivity contribution >= 4 is 21.6 Å². The van der Waals surface area contributed by atoms with Crippen molar-refractivity contribution in [3.63, 3.8) is 0 Å². The first kappa shape index (κ1) is 14.9. The van der Waals surface area contributed by atoms with E-state index in [0.717, 1.165) is 23.5 Å². The molecule has 1 N–H and O–H groups in total. The molecule has 1 aliphatic rings. The molecule has 0 spiro atoms. The maximum Gasteiger partial charge on any atom is 0.0351 e. The van der Waals surface area contributed by atoms with Gasteiger partial charge in [-0.15, -0.1) is 0 Å². The van der Waals surface area contributed by atoms with E-state index in [1.54, 1.807) is 0 Å². The van der Waals surface area contributed by atoms with Gasteiger partial charge in [0.2, 0.25) is 0 Å². The van der Waals surface area contributed by atoms with E-state index < -0.39 is 0 Å². The van der Waals surface area contributed by atoms with E-state index in [-0.39, 0.29) is 0 Å². The molecular weight excluding hydrogens is 300 g/mol. The van der Waals surface area contributed by atoms with Gasteiger partial charge in [0.1, 0.15) is 0 Å². The first-order valence-electron chi connectivity index (χ1n) is 7.42. The summed E-state index contributed by atoms with van der Waals surface area (Å²) in [6, 6.07) is 8.37. The molecule has 19 heavy (non-hydrogen) atoms. The number of likely N-dealkylation sites (N-methyl/N-ethyl adjacent to an activating group) is 1. The van der Waals surface area contributed by atoms with Crippen molar-refractivity contribution < 1.29 is 0 Å². The molecule has 1 aromatic rings. The maximum absolute atomic E-state index is 3.50. The summed E-state index contributed by atoms with van der Waals surface area (Å²) in [6.45, 7) is 3.39. The fraction of sp³-hybridized carbons (Fsp3) is 0.625. The lowest BCUT2D eigenvalue weighted by Crippen LogP contribution is -2.31. The largest absolute Gasteiger partial charge is 0.384 e. The molecule has 1 saturated carbocycles. The Hall–Kier alpha value is -0.540. The van der Waals surface area contributed by atoms with Gasteiger partial charge in [0.05, 0.1) is 0 Å². The second kappa shape index (κ2) is 7.91. The van der Waals surface area contributed by atoms with Crippen LogP contribution in [0, 0.1) is 5.92 Å². The van der Waals surface area contributed by atoms with Gasteiger partial charge < -0.3 is 10.2 Å². The van der Waals surface area contributed by atoms with Gasteiger partial charge in [-0.3, -0.25) is 0 Å². The fourth-order valence-electron chi connectivity index (χ4n) is 2.89. The van der Waals surface area contributed by atoms with E-state index in [2.05, 4.69) is 57.5 Å². The van der Waals surface area contributed by atoms with E-state index >= 15 is 0 Å². The van der Waals surface area contributed by atoms with Gasteiger partial charge in [-0.25, -0.2) is 0 Å². The van der Waals surface area contributed by atoms with Crippen LogP contribution >= 0.6 is 15.9 Å². The smallest absolute Gasteiger partial charge is 0.0351 e. The summed E-state index contributed by atoms with van der Waals surface area (Å²) in [5, 5.41) is 3.48. The monoisotopic (exact) mass is 324 g/mol. The van der Waals surface area contributed by atoms with E-state index in [9.17, 15) is 0 Å². The van der Waals surface area contributed by atoms with Crippen molar-refractivity contribution in [3.8, 4) is 0 Å². The van der Waals surface area contributed by atoms with Crippen LogP contribution in [0.25, 0.3) is 0 Å². The summed E-state index contributed by atoms with van der Waals surface area (Å²) in [4.78, 5) is 2.47. The summed E-state index contributed by atoms with van der Waals surface area (Å²) in [5.74, 6) is 0.935. The number of nitrogens with one attached hydrogen (secondary N) is 1. The van der Waals surface area contributed by atoms with E-state index in [4.69, 9.17) is 0 Å². The van der Waals surface area contributed by atoms with Crippen LogP contribution in [0.2, 0.25) is 0 Å². The number of hydrogen-bond acceptors (Lipinski definition) is 2. The first-order valence-corrected chi connectivity index (χ1v) is 8.21. The second-order valence-corrected chi connectivity index (χ2v) is 6.62. The van der Waals surface area contributed by atoms with Gasteiger partial charge in [0.15, 0.2) is 0 Å². The molecule has 0 atom stereocenters. The van der Waals surface area contributed by atoms with Gasteiger partial charge in [-0.2, -0.15) is 0 Å². The van der Waals surface area contributed by atoms with Crippen molar-refractivity contribution in [2.45, 2.75) is 32.1 Å². The van der Waals surface area contributed by atoms with Crippen LogP contribution in [-0.2, 0) is 0 Å². The predicted octanol–water partition coefficient (Wildman–Crippen LogP) is 4.37. The van der Waals surface area contributed by atoms with Crippen molar-refractivity contribution in [3.05, 3.63) is 28.7 Å². The van der Waals surface area contributed by atoms with Gasteiger partial charge in [-0.1, -0.05) is 41.3 Å². The molecule has 1 aromatic carbocycles. The Bertz CT molecular complexity index is 375. The zero-order chi connectivity index (χ0) is 13.5. The van der Waals surface area contributed by atoms with Crippen LogP contribution in [0.4, 0.5) is 5.69 Å². The lowest BCUT2D eigenvalue weighted by Gasteiger charge is -2.27. The number of nitrogens with zero attached hydrogens (tertiary/aromatic N) is 1. The molecule has 1 fully saturated rings. The molecule has 2 nitrogen and oxygen atoms in total. The molecule has 0 heterocycles. The highest BCUT2D eigenvalue weighted by atomic mass is 79.9. The van der Waals surface area contributed by atoms with Crippen molar-refractivity contribution in [1.29, 1.82) is 0 Å². The third-order valence-corrected chi connectivity index (χ3v) is 4.44. The minimum Gasteiger partial charge on any atom is -0.384 e. The molecule has 0 aromatic heterocycles. The Morgan fingerprint density at radius 3 is 2.79 bits per heavy atom. The quantitative estimate of drug-likeness (QED) is 0.835. The minimum absolute atomic E-state index is 0.935. The van der Waals surface area contributed by atoms with Crippen LogP contribution in [-0.4, -0.2) is 31.6 Å². The molecule has 0 amide bonds. The van der Waals surface area contributed by atoms with Gasteiger partial charge in [0, 0.05) is 29.8 Å². The second-order valence-electron chi connectivity index (χ2n) is 5.70. The Morgan fingerprint density at radius 1 is 1.26 bits per heavy atom. The topological polar surface area (TPSA) is 15.3 Å². The molecule has 1 aliphatic carbocycles. The van der Waals surface area contributed by atoms with Crippen LogP contribution in [0.3, 0.4) is 0 Å². The highest BCUT2D eigenvalue weighted by Gasteiger charge is 2.14. The Labute approximate surface area is 125 Å². The summed E-state index contributed by atoms with van der Waals surface area (Å²) in [6.07, 6.45) is 7.20. The van der Waals surface area contributed by atoms with Crippen molar-refractivity contribution in [1.82, 2.24) is 4.90 Å². The molecule has 106 valence electrons. The van der Waals surface area contributed by atoms with Crippen LogP contribution < -0.4 is 5.32 Å². The Balaban J connectivity index is 1.64. The third kappa shape index (κ3) is 5.53. The lowest BCUT2D eigenvalue weighted by molar-refractivity contribution is 0.239. The van der Waals surface area contributed by atoms with Gasteiger partial charge in [0.25, 0.3) is 0 Å². The summed E-state index contributed by atoms with van der Waals surface area (Å²) in [7, 11) is 2.25. The highest BCUT2D eigenvalue weighted by molar-refractivity contribution is 9.10. The summed E-state index contributed by atoms with van der Waals surface area (Å²) >= 11 is 3.50. The van der Waals surface area contributed by atoms with Crippen LogP contribution in [0.15, 0.2) is 28.7 Å². The molecule has 0 unspecified atom stereocenters. The van der Waals surface area contributed by atoms with E-state index in [1.165, 1.54) is 44.3 Å². The van der Waals surface area contributed by atoms with Gasteiger partial charge in [-0.05, 0) is 44.0 Å². The number of hydrogen-bond donors (Lipinski definition) is 1. The average Bonchev–Trinajstić information content (AvgIpc) is 2.40. The van der Waals surface area contributed by atoms with Crippen molar-refractivity contribution in [2.24, 2.45) is 5.92 Å². The summed E-state index contributed by atoms with van der Waals surface area (Å²) in [5.41, 5.74) is 1.19. The SMILES string of the molecule is CN(CCNc1cccc(Br)c1)CC1CCCCC1. The molecule has 0 radical (unpaired) electrons. The van der Waals surface area contributed by atoms with Crippen LogP contribution in [0.1, 0.15) is 32.1 Å². The average molecular weight is 325 g/mol. The van der Waals surface area contributed by atoms with E-state index in [0.29, 0.717) is 0 Å². The molecule has 2 rings (SSSR count). The number of rotatable bonds is 6. The van der Waals surface area contributed by atoms with Gasteiger partial charge >= 0.3 is 0 Å². The van der Waals surface area contributed by atoms with Crippen LogP contribution in [0.5, 0.6) is 0 Å². The Morgan fingerprint density at radius 2 is 2.05 bits per heavy atom. The fourth-order valence-corrected chi connectivity index (χ4v) is 3.29. The number of halogens is 1. The lowest BCUT2D eigenvalue weighted by atomic mass is 9.89. The number of benzene rings is 1. The molecular formula is C16H25BrN2. The molecule has 0 saturated heterocycles. The first-order chi connectivity index (χ1) is 9.24. The Kier molecular flexibility index (Phi) is 6.18. The van der Waals surface area contributed by atoms with Crippen molar-refractivity contribution in [2.75, 3.05) is 32.0 Å². The molecule has 0 bridgehead atoms. The summed E-state index contributed by atoms with van der Waals surface area (Å²) < 4.78 is 1.13.